The van der Waals surface area contributed by atoms with E-state index < -0.39 is 31.1 Å². The maximum atomic E-state index is 9.78. The molecule has 2 heterocycles. The predicted molar refractivity (Wildman–Crippen MR) is 58.9 cm³/mol. The molecule has 0 radical (unpaired) electrons. The van der Waals surface area contributed by atoms with E-state index in [1.807, 2.05) is 0 Å². The van der Waals surface area contributed by atoms with Crippen LogP contribution < -0.4 is 5.73 Å². The van der Waals surface area contributed by atoms with Crippen LogP contribution in [0.25, 0.3) is 0 Å². The molecule has 0 aromatic rings. The Kier molecular flexibility index (Phi) is 3.11. The molecule has 0 amide bonds. The minimum absolute atomic E-state index is 0.0537. The number of hydrogen-bond acceptors (Lipinski definition) is 8. The van der Waals surface area contributed by atoms with Crippen LogP contribution in [-0.4, -0.2) is 63.7 Å². The molecule has 2 aliphatic heterocycles. The fourth-order valence-corrected chi connectivity index (χ4v) is 1.73. The highest BCUT2D eigenvalue weighted by Crippen LogP contribution is 2.26. The van der Waals surface area contributed by atoms with Gasteiger partial charge in [0, 0.05) is 0 Å². The Labute approximate surface area is 97.3 Å². The molecule has 8 heteroatoms. The minimum atomic E-state index is -1.19. The maximum absolute atomic E-state index is 9.78. The largest absolute Gasteiger partial charge is 0.394 e. The molecule has 94 valence electrons. The first-order valence-corrected chi connectivity index (χ1v) is 5.02. The van der Waals surface area contributed by atoms with Crippen molar-refractivity contribution in [2.24, 2.45) is 15.7 Å². The van der Waals surface area contributed by atoms with Crippen molar-refractivity contribution < 1.29 is 20.1 Å². The molecule has 4 atom stereocenters. The van der Waals surface area contributed by atoms with Crippen molar-refractivity contribution >= 4 is 12.3 Å². The van der Waals surface area contributed by atoms with Crippen LogP contribution in [0.5, 0.6) is 0 Å². The summed E-state index contributed by atoms with van der Waals surface area (Å²) < 4.78 is 5.29. The molecule has 8 nitrogen and oxygen atoms in total. The zero-order valence-electron chi connectivity index (χ0n) is 8.97. The second kappa shape index (κ2) is 4.41. The smallest absolute Gasteiger partial charge is 0.223 e. The molecule has 0 aromatic carbocycles. The molecule has 1 fully saturated rings. The van der Waals surface area contributed by atoms with Gasteiger partial charge in [0.25, 0.3) is 0 Å². The van der Waals surface area contributed by atoms with E-state index in [0.29, 0.717) is 0 Å². The number of aliphatic hydroxyl groups excluding tert-OH is 3. The first kappa shape index (κ1) is 12.0. The highest BCUT2D eigenvalue weighted by molar-refractivity contribution is 5.89. The summed E-state index contributed by atoms with van der Waals surface area (Å²) in [7, 11) is 0. The number of nitrogens with two attached hydrogens (primary N) is 1. The van der Waals surface area contributed by atoms with Crippen molar-refractivity contribution in [1.29, 1.82) is 0 Å². The van der Waals surface area contributed by atoms with Crippen LogP contribution >= 0.6 is 0 Å². The molecule has 0 saturated carbocycles. The lowest BCUT2D eigenvalue weighted by molar-refractivity contribution is -0.0607. The van der Waals surface area contributed by atoms with Crippen LogP contribution in [0.3, 0.4) is 0 Å². The Balaban J connectivity index is 2.15. The first-order chi connectivity index (χ1) is 8.04. The van der Waals surface area contributed by atoms with Crippen LogP contribution in [0.1, 0.15) is 0 Å². The molecule has 17 heavy (non-hydrogen) atoms. The third-order valence-corrected chi connectivity index (χ3v) is 2.65. The van der Waals surface area contributed by atoms with Crippen LogP contribution in [0, 0.1) is 0 Å². The number of hydrogen-bond donors (Lipinski definition) is 4. The normalized spacial score (nSPS) is 37.5. The van der Waals surface area contributed by atoms with E-state index in [9.17, 15) is 10.2 Å². The Morgan fingerprint density at radius 3 is 2.71 bits per heavy atom. The van der Waals surface area contributed by atoms with Gasteiger partial charge in [-0.2, -0.15) is 4.99 Å². The van der Waals surface area contributed by atoms with E-state index in [1.165, 1.54) is 11.2 Å². The summed E-state index contributed by atoms with van der Waals surface area (Å²) in [6, 6.07) is 0. The summed E-state index contributed by atoms with van der Waals surface area (Å²) in [5.41, 5.74) is 5.37. The summed E-state index contributed by atoms with van der Waals surface area (Å²) in [6.07, 6.45) is -2.79. The monoisotopic (exact) mass is 242 g/mol. The van der Waals surface area contributed by atoms with Crippen molar-refractivity contribution in [3.8, 4) is 0 Å². The molecule has 0 aromatic heterocycles. The standard InChI is InChI=1S/C9H14N4O4/c1-4-12-9(10)11-3-13(4)8-7(16)6(15)5(2-14)17-8/h3,5-8,14-16H,1-2H2,(H2,10,12)/t5-,6?,7-,8-/m1/s1. The molecule has 0 spiro atoms. The number of guanidine groups is 1. The van der Waals surface area contributed by atoms with Gasteiger partial charge in [-0.3, -0.25) is 4.90 Å². The first-order valence-electron chi connectivity index (χ1n) is 5.02. The lowest BCUT2D eigenvalue weighted by Gasteiger charge is -2.29. The van der Waals surface area contributed by atoms with Crippen LogP contribution in [0.2, 0.25) is 0 Å². The van der Waals surface area contributed by atoms with E-state index in [2.05, 4.69) is 16.6 Å². The Morgan fingerprint density at radius 2 is 2.18 bits per heavy atom. The van der Waals surface area contributed by atoms with Gasteiger partial charge >= 0.3 is 0 Å². The van der Waals surface area contributed by atoms with Gasteiger partial charge in [0.2, 0.25) is 5.96 Å². The number of rotatable bonds is 2. The third kappa shape index (κ3) is 2.03. The van der Waals surface area contributed by atoms with Gasteiger partial charge in [-0.15, -0.1) is 0 Å². The van der Waals surface area contributed by atoms with E-state index in [0.717, 1.165) is 0 Å². The molecule has 2 rings (SSSR count). The fourth-order valence-electron chi connectivity index (χ4n) is 1.73. The number of aliphatic hydroxyl groups is 3. The lowest BCUT2D eigenvalue weighted by atomic mass is 10.1. The zero-order chi connectivity index (χ0) is 12.6. The van der Waals surface area contributed by atoms with Crippen LogP contribution in [0.15, 0.2) is 22.4 Å². The fraction of sp³-hybridized carbons (Fsp3) is 0.556. The average molecular weight is 242 g/mol. The molecular formula is C9H14N4O4. The van der Waals surface area contributed by atoms with E-state index >= 15 is 0 Å². The lowest BCUT2D eigenvalue weighted by Crippen LogP contribution is -2.44. The van der Waals surface area contributed by atoms with Crippen molar-refractivity contribution in [2.45, 2.75) is 24.5 Å². The SMILES string of the molecule is C=C1N=C(N)N=CN1[C@@H]1O[C@H](CO)C(O)[C@H]1O. The number of aliphatic imine (C=N–C) groups is 2. The molecule has 0 aliphatic carbocycles. The molecular weight excluding hydrogens is 228 g/mol. The van der Waals surface area contributed by atoms with E-state index in [-0.39, 0.29) is 11.8 Å². The summed E-state index contributed by atoms with van der Waals surface area (Å²) >= 11 is 0. The Hall–Kier alpha value is -1.48. The third-order valence-electron chi connectivity index (χ3n) is 2.65. The van der Waals surface area contributed by atoms with Crippen molar-refractivity contribution in [3.63, 3.8) is 0 Å². The quantitative estimate of drug-likeness (QED) is 0.426. The van der Waals surface area contributed by atoms with Crippen LogP contribution in [0.4, 0.5) is 0 Å². The van der Waals surface area contributed by atoms with Gasteiger partial charge in [-0.1, -0.05) is 6.58 Å². The summed E-state index contributed by atoms with van der Waals surface area (Å²) in [5.74, 6) is 0.297. The summed E-state index contributed by atoms with van der Waals surface area (Å²) in [5, 5.41) is 28.3. The highest BCUT2D eigenvalue weighted by Gasteiger charge is 2.45. The average Bonchev–Trinajstić information content (AvgIpc) is 2.57. The van der Waals surface area contributed by atoms with Gasteiger partial charge in [-0.05, 0) is 0 Å². The molecule has 1 saturated heterocycles. The van der Waals surface area contributed by atoms with E-state index in [1.54, 1.807) is 0 Å². The number of nitrogens with zero attached hydrogens (tertiary/aromatic N) is 3. The Bertz CT molecular complexity index is 383. The van der Waals surface area contributed by atoms with Gasteiger partial charge in [0.1, 0.15) is 30.5 Å². The van der Waals surface area contributed by atoms with Crippen molar-refractivity contribution in [3.05, 3.63) is 12.4 Å². The minimum Gasteiger partial charge on any atom is -0.394 e. The topological polar surface area (TPSA) is 124 Å². The summed E-state index contributed by atoms with van der Waals surface area (Å²) in [4.78, 5) is 8.91. The zero-order valence-corrected chi connectivity index (χ0v) is 8.97. The molecule has 2 aliphatic rings. The maximum Gasteiger partial charge on any atom is 0.223 e. The molecule has 1 unspecified atom stereocenters. The van der Waals surface area contributed by atoms with Gasteiger partial charge in [0.15, 0.2) is 6.23 Å². The highest BCUT2D eigenvalue weighted by atomic mass is 16.6. The molecule has 5 N–H and O–H groups in total. The number of ether oxygens (including phenoxy) is 1. The predicted octanol–water partition coefficient (Wildman–Crippen LogP) is -2.44. The molecule has 0 bridgehead atoms. The van der Waals surface area contributed by atoms with Crippen LogP contribution in [-0.2, 0) is 4.74 Å². The van der Waals surface area contributed by atoms with Gasteiger partial charge < -0.3 is 25.8 Å². The summed E-state index contributed by atoms with van der Waals surface area (Å²) in [6.45, 7) is 3.24. The van der Waals surface area contributed by atoms with Crippen molar-refractivity contribution in [1.82, 2.24) is 4.90 Å². The van der Waals surface area contributed by atoms with Crippen molar-refractivity contribution in [2.75, 3.05) is 6.61 Å². The Morgan fingerprint density at radius 1 is 1.47 bits per heavy atom. The van der Waals surface area contributed by atoms with E-state index in [4.69, 9.17) is 15.6 Å². The second-order valence-corrected chi connectivity index (χ2v) is 3.77. The second-order valence-electron chi connectivity index (χ2n) is 3.77. The van der Waals surface area contributed by atoms with Gasteiger partial charge in [0.05, 0.1) is 6.61 Å². The van der Waals surface area contributed by atoms with Gasteiger partial charge in [-0.25, -0.2) is 4.99 Å².